The molecule has 2 rings (SSSR count). The van der Waals surface area contributed by atoms with E-state index in [0.29, 0.717) is 0 Å². The van der Waals surface area contributed by atoms with Crippen molar-refractivity contribution in [3.05, 3.63) is 34.3 Å². The van der Waals surface area contributed by atoms with Gasteiger partial charge in [0, 0.05) is 25.0 Å². The number of rotatable bonds is 3. The third-order valence-corrected chi connectivity index (χ3v) is 2.47. The summed E-state index contributed by atoms with van der Waals surface area (Å²) < 4.78 is 2.96. The lowest BCUT2D eigenvalue weighted by Gasteiger charge is -2.04. The molecule has 78 valence electrons. The fraction of sp³-hybridized carbons (Fsp3) is 0.200. The Kier molecular flexibility index (Phi) is 3.20. The molecule has 15 heavy (non-hydrogen) atoms. The van der Waals surface area contributed by atoms with Gasteiger partial charge >= 0.3 is 0 Å². The number of hydrogen-bond donors (Lipinski definition) is 1. The van der Waals surface area contributed by atoms with Gasteiger partial charge in [0.15, 0.2) is 0 Å². The van der Waals surface area contributed by atoms with Crippen LogP contribution in [-0.4, -0.2) is 21.3 Å². The first kappa shape index (κ1) is 10.4. The Morgan fingerprint density at radius 1 is 1.53 bits per heavy atom. The molecule has 0 atom stereocenters. The Bertz CT molecular complexity index is 452. The summed E-state index contributed by atoms with van der Waals surface area (Å²) in [5.74, 6) is 0.875. The summed E-state index contributed by atoms with van der Waals surface area (Å²) in [7, 11) is 0. The molecule has 5 heteroatoms. The van der Waals surface area contributed by atoms with E-state index in [1.807, 2.05) is 36.1 Å². The molecule has 0 aliphatic rings. The maximum atomic E-state index is 4.24. The van der Waals surface area contributed by atoms with Crippen LogP contribution < -0.4 is 5.32 Å². The van der Waals surface area contributed by atoms with Gasteiger partial charge in [-0.25, -0.2) is 9.67 Å². The van der Waals surface area contributed by atoms with Gasteiger partial charge in [0.2, 0.25) is 0 Å². The maximum Gasteiger partial charge on any atom is 0.128 e. The zero-order valence-electron chi connectivity index (χ0n) is 8.31. The minimum absolute atomic E-state index is 0.868. The molecular formula is C10H11IN4. The number of anilines is 1. The van der Waals surface area contributed by atoms with Gasteiger partial charge in [0.05, 0.1) is 15.5 Å². The molecule has 2 aromatic heterocycles. The van der Waals surface area contributed by atoms with Crippen LogP contribution in [0.15, 0.2) is 30.7 Å². The van der Waals surface area contributed by atoms with Gasteiger partial charge < -0.3 is 5.32 Å². The van der Waals surface area contributed by atoms with E-state index in [2.05, 4.69) is 38.0 Å². The van der Waals surface area contributed by atoms with Crippen molar-refractivity contribution in [2.45, 2.75) is 6.92 Å². The Morgan fingerprint density at radius 2 is 2.40 bits per heavy atom. The van der Waals surface area contributed by atoms with E-state index < -0.39 is 0 Å². The minimum Gasteiger partial charge on any atom is -0.370 e. The van der Waals surface area contributed by atoms with Crippen molar-refractivity contribution in [3.63, 3.8) is 0 Å². The second-order valence-corrected chi connectivity index (χ2v) is 4.28. The maximum absolute atomic E-state index is 4.24. The van der Waals surface area contributed by atoms with Gasteiger partial charge in [0.1, 0.15) is 5.82 Å². The smallest absolute Gasteiger partial charge is 0.128 e. The summed E-state index contributed by atoms with van der Waals surface area (Å²) in [6, 6.07) is 3.91. The molecule has 0 aliphatic carbocycles. The second kappa shape index (κ2) is 4.61. The lowest BCUT2D eigenvalue weighted by molar-refractivity contribution is 0.877. The number of nitrogens with zero attached hydrogens (tertiary/aromatic N) is 3. The normalized spacial score (nSPS) is 10.3. The fourth-order valence-corrected chi connectivity index (χ4v) is 1.67. The van der Waals surface area contributed by atoms with Crippen molar-refractivity contribution in [1.82, 2.24) is 14.8 Å². The summed E-state index contributed by atoms with van der Waals surface area (Å²) in [4.78, 5) is 4.21. The average molecular weight is 314 g/mol. The van der Waals surface area contributed by atoms with E-state index in [1.165, 1.54) is 0 Å². The predicted octanol–water partition coefficient (Wildman–Crippen LogP) is 2.30. The molecule has 0 spiro atoms. The highest BCUT2D eigenvalue weighted by molar-refractivity contribution is 14.1. The Hall–Kier alpha value is -1.11. The van der Waals surface area contributed by atoms with E-state index in [9.17, 15) is 0 Å². The predicted molar refractivity (Wildman–Crippen MR) is 68.2 cm³/mol. The van der Waals surface area contributed by atoms with Crippen LogP contribution >= 0.6 is 22.6 Å². The van der Waals surface area contributed by atoms with E-state index in [1.54, 1.807) is 6.20 Å². The average Bonchev–Trinajstić information content (AvgIpc) is 2.66. The van der Waals surface area contributed by atoms with Crippen LogP contribution in [0.3, 0.4) is 0 Å². The highest BCUT2D eigenvalue weighted by Crippen LogP contribution is 2.12. The summed E-state index contributed by atoms with van der Waals surface area (Å²) in [6.07, 6.45) is 5.58. The zero-order chi connectivity index (χ0) is 10.7. The molecule has 0 radical (unpaired) electrons. The first-order valence-electron chi connectivity index (χ1n) is 4.70. The first-order chi connectivity index (χ1) is 7.29. The molecular weight excluding hydrogens is 303 g/mol. The zero-order valence-corrected chi connectivity index (χ0v) is 10.5. The summed E-state index contributed by atoms with van der Waals surface area (Å²) in [6.45, 7) is 2.91. The Labute approximate surface area is 102 Å². The molecule has 4 nitrogen and oxygen atoms in total. The standard InChI is InChI=1S/C10H11IN4/c1-2-12-10-5-9(3-4-13-10)15-7-8(11)6-14-15/h3-7H,2H2,1H3,(H,12,13). The van der Waals surface area contributed by atoms with Gasteiger partial charge in [-0.05, 0) is 35.6 Å². The molecule has 0 bridgehead atoms. The molecule has 2 heterocycles. The summed E-state index contributed by atoms with van der Waals surface area (Å²) in [5.41, 5.74) is 1.02. The van der Waals surface area contributed by atoms with Crippen LogP contribution in [0.25, 0.3) is 5.69 Å². The second-order valence-electron chi connectivity index (χ2n) is 3.03. The highest BCUT2D eigenvalue weighted by Gasteiger charge is 2.00. The van der Waals surface area contributed by atoms with Crippen molar-refractivity contribution in [2.24, 2.45) is 0 Å². The third-order valence-electron chi connectivity index (χ3n) is 1.92. The van der Waals surface area contributed by atoms with Crippen molar-refractivity contribution in [1.29, 1.82) is 0 Å². The van der Waals surface area contributed by atoms with Crippen molar-refractivity contribution in [3.8, 4) is 5.69 Å². The molecule has 0 saturated heterocycles. The SMILES string of the molecule is CCNc1cc(-n2cc(I)cn2)ccn1. The fourth-order valence-electron chi connectivity index (χ4n) is 1.28. The monoisotopic (exact) mass is 314 g/mol. The lowest BCUT2D eigenvalue weighted by Crippen LogP contribution is -2.01. The quantitative estimate of drug-likeness (QED) is 0.884. The van der Waals surface area contributed by atoms with E-state index in [-0.39, 0.29) is 0 Å². The molecule has 1 N–H and O–H groups in total. The van der Waals surface area contributed by atoms with Crippen LogP contribution in [0.2, 0.25) is 0 Å². The summed E-state index contributed by atoms with van der Waals surface area (Å²) >= 11 is 2.24. The number of pyridine rings is 1. The van der Waals surface area contributed by atoms with Crippen LogP contribution in [0.5, 0.6) is 0 Å². The molecule has 0 unspecified atom stereocenters. The van der Waals surface area contributed by atoms with Gasteiger partial charge in [0.25, 0.3) is 0 Å². The molecule has 2 aromatic rings. The Morgan fingerprint density at radius 3 is 3.07 bits per heavy atom. The Balaban J connectivity index is 2.32. The van der Waals surface area contributed by atoms with Gasteiger partial charge in [-0.15, -0.1) is 0 Å². The van der Waals surface area contributed by atoms with Crippen LogP contribution in [0.4, 0.5) is 5.82 Å². The van der Waals surface area contributed by atoms with Crippen LogP contribution in [0.1, 0.15) is 6.92 Å². The van der Waals surface area contributed by atoms with E-state index >= 15 is 0 Å². The molecule has 0 amide bonds. The summed E-state index contributed by atoms with van der Waals surface area (Å²) in [5, 5.41) is 7.41. The topological polar surface area (TPSA) is 42.7 Å². The number of aromatic nitrogens is 3. The number of nitrogens with one attached hydrogen (secondary N) is 1. The number of hydrogen-bond acceptors (Lipinski definition) is 3. The minimum atomic E-state index is 0.868. The largest absolute Gasteiger partial charge is 0.370 e. The van der Waals surface area contributed by atoms with Crippen molar-refractivity contribution < 1.29 is 0 Å². The molecule has 0 aliphatic heterocycles. The van der Waals surface area contributed by atoms with E-state index in [0.717, 1.165) is 21.6 Å². The highest BCUT2D eigenvalue weighted by atomic mass is 127. The van der Waals surface area contributed by atoms with Gasteiger partial charge in [-0.2, -0.15) is 5.10 Å². The molecule has 0 aromatic carbocycles. The van der Waals surface area contributed by atoms with E-state index in [4.69, 9.17) is 0 Å². The van der Waals surface area contributed by atoms with Crippen molar-refractivity contribution in [2.75, 3.05) is 11.9 Å². The van der Waals surface area contributed by atoms with Gasteiger partial charge in [-0.1, -0.05) is 0 Å². The van der Waals surface area contributed by atoms with Crippen LogP contribution in [-0.2, 0) is 0 Å². The third kappa shape index (κ3) is 2.47. The molecule has 0 fully saturated rings. The number of halogens is 1. The van der Waals surface area contributed by atoms with Crippen molar-refractivity contribution >= 4 is 28.4 Å². The van der Waals surface area contributed by atoms with Crippen LogP contribution in [0, 0.1) is 3.57 Å². The lowest BCUT2D eigenvalue weighted by atomic mass is 10.4. The van der Waals surface area contributed by atoms with Gasteiger partial charge in [-0.3, -0.25) is 0 Å². The first-order valence-corrected chi connectivity index (χ1v) is 5.78. The molecule has 0 saturated carbocycles.